The van der Waals surface area contributed by atoms with Crippen LogP contribution in [0.3, 0.4) is 0 Å². The van der Waals surface area contributed by atoms with E-state index in [4.69, 9.17) is 11.6 Å². The average Bonchev–Trinajstić information content (AvgIpc) is 2.83. The number of fused-ring (bicyclic) bond motifs is 1. The molecule has 4 heteroatoms. The molecule has 1 fully saturated rings. The number of benzene rings is 1. The first-order valence-electron chi connectivity index (χ1n) is 6.97. The monoisotopic (exact) mass is 287 g/mol. The maximum Gasteiger partial charge on any atom is 0.127 e. The number of para-hydroxylation sites is 1. The first-order chi connectivity index (χ1) is 9.44. The lowest BCUT2D eigenvalue weighted by Gasteiger charge is -2.11. The number of hydrogen-bond donors (Lipinski definition) is 0. The van der Waals surface area contributed by atoms with Crippen molar-refractivity contribution in [1.29, 1.82) is 5.26 Å². The normalized spacial score (nSPS) is 21.6. The largest absolute Gasteiger partial charge is 0.326 e. The van der Waals surface area contributed by atoms with Crippen LogP contribution in [-0.2, 0) is 6.54 Å². The van der Waals surface area contributed by atoms with Gasteiger partial charge in [0.25, 0.3) is 0 Å². The van der Waals surface area contributed by atoms with Crippen LogP contribution in [0, 0.1) is 22.7 Å². The summed E-state index contributed by atoms with van der Waals surface area (Å²) >= 11 is 6.28. The molecule has 2 aromatic rings. The smallest absolute Gasteiger partial charge is 0.127 e. The van der Waals surface area contributed by atoms with E-state index in [1.54, 1.807) is 0 Å². The van der Waals surface area contributed by atoms with Crippen molar-refractivity contribution in [3.05, 3.63) is 29.6 Å². The van der Waals surface area contributed by atoms with Gasteiger partial charge < -0.3 is 4.57 Å². The van der Waals surface area contributed by atoms with E-state index in [1.165, 1.54) is 6.42 Å². The van der Waals surface area contributed by atoms with Gasteiger partial charge in [-0.05, 0) is 36.8 Å². The maximum absolute atomic E-state index is 9.22. The Morgan fingerprint density at radius 3 is 2.80 bits per heavy atom. The molecule has 0 spiro atoms. The summed E-state index contributed by atoms with van der Waals surface area (Å²) in [7, 11) is 0. The molecule has 3 nitrogen and oxygen atoms in total. The number of aromatic nitrogens is 2. The number of halogens is 1. The van der Waals surface area contributed by atoms with E-state index >= 15 is 0 Å². The minimum absolute atomic E-state index is 0.157. The van der Waals surface area contributed by atoms with Crippen LogP contribution in [0.2, 0.25) is 0 Å². The van der Waals surface area contributed by atoms with Crippen LogP contribution in [-0.4, -0.2) is 9.55 Å². The Hall–Kier alpha value is -1.53. The van der Waals surface area contributed by atoms with E-state index in [1.807, 2.05) is 25.1 Å². The van der Waals surface area contributed by atoms with Gasteiger partial charge in [-0.25, -0.2) is 4.98 Å². The molecule has 1 aromatic heterocycles. The number of imidazole rings is 1. The molecule has 0 bridgehead atoms. The van der Waals surface area contributed by atoms with E-state index in [0.29, 0.717) is 16.9 Å². The molecule has 1 aromatic carbocycles. The highest BCUT2D eigenvalue weighted by Crippen LogP contribution is 2.53. The van der Waals surface area contributed by atoms with E-state index in [2.05, 4.69) is 29.5 Å². The van der Waals surface area contributed by atoms with Crippen molar-refractivity contribution >= 4 is 22.6 Å². The van der Waals surface area contributed by atoms with Crippen LogP contribution in [0.25, 0.3) is 11.0 Å². The first kappa shape index (κ1) is 13.5. The molecule has 0 amide bonds. The van der Waals surface area contributed by atoms with E-state index in [9.17, 15) is 5.26 Å². The zero-order valence-corrected chi connectivity index (χ0v) is 12.8. The second kappa shape index (κ2) is 4.49. The highest BCUT2D eigenvalue weighted by Gasteiger charge is 2.45. The molecule has 2 atom stereocenters. The van der Waals surface area contributed by atoms with Crippen LogP contribution in [0.4, 0.5) is 0 Å². The third-order valence-corrected chi connectivity index (χ3v) is 4.60. The number of hydrogen-bond acceptors (Lipinski definition) is 2. The summed E-state index contributed by atoms with van der Waals surface area (Å²) in [5.74, 6) is 1.53. The van der Waals surface area contributed by atoms with Crippen LogP contribution >= 0.6 is 11.6 Å². The third-order valence-electron chi connectivity index (χ3n) is 4.41. The van der Waals surface area contributed by atoms with Gasteiger partial charge in [0.15, 0.2) is 0 Å². The van der Waals surface area contributed by atoms with Crippen molar-refractivity contribution in [2.24, 2.45) is 11.3 Å². The van der Waals surface area contributed by atoms with Gasteiger partial charge in [0, 0.05) is 6.54 Å². The van der Waals surface area contributed by atoms with Crippen molar-refractivity contribution in [2.75, 3.05) is 0 Å². The molecular weight excluding hydrogens is 270 g/mol. The van der Waals surface area contributed by atoms with E-state index in [0.717, 1.165) is 23.4 Å². The van der Waals surface area contributed by atoms with Crippen molar-refractivity contribution < 1.29 is 0 Å². The summed E-state index contributed by atoms with van der Waals surface area (Å²) in [5.41, 5.74) is 2.83. The Morgan fingerprint density at radius 2 is 2.25 bits per heavy atom. The Labute approximate surface area is 124 Å². The lowest BCUT2D eigenvalue weighted by atomic mass is 10.1. The van der Waals surface area contributed by atoms with Crippen LogP contribution in [0.5, 0.6) is 0 Å². The minimum Gasteiger partial charge on any atom is -0.326 e. The molecule has 0 aliphatic heterocycles. The predicted molar refractivity (Wildman–Crippen MR) is 80.6 cm³/mol. The van der Waals surface area contributed by atoms with Crippen molar-refractivity contribution in [1.82, 2.24) is 9.55 Å². The van der Waals surface area contributed by atoms with Gasteiger partial charge in [-0.1, -0.05) is 19.9 Å². The molecule has 0 N–H and O–H groups in total. The highest BCUT2D eigenvalue weighted by molar-refractivity contribution is 6.20. The molecule has 0 saturated heterocycles. The van der Waals surface area contributed by atoms with Gasteiger partial charge >= 0.3 is 0 Å². The average molecular weight is 288 g/mol. The van der Waals surface area contributed by atoms with Gasteiger partial charge in [-0.3, -0.25) is 0 Å². The number of nitrogens with zero attached hydrogens (tertiary/aromatic N) is 3. The fourth-order valence-electron chi connectivity index (χ4n) is 2.86. The topological polar surface area (TPSA) is 41.6 Å². The Morgan fingerprint density at radius 1 is 1.55 bits per heavy atom. The van der Waals surface area contributed by atoms with Crippen molar-refractivity contribution in [3.63, 3.8) is 0 Å². The molecule has 1 aliphatic carbocycles. The SMILES string of the molecule is CC(Cl)c1nc2c(C#N)cccc2n1CC1CC1(C)C. The lowest BCUT2D eigenvalue weighted by molar-refractivity contribution is 0.495. The molecule has 3 rings (SSSR count). The van der Waals surface area contributed by atoms with Gasteiger partial charge in [0.1, 0.15) is 17.4 Å². The molecule has 1 aliphatic rings. The molecule has 1 saturated carbocycles. The zero-order chi connectivity index (χ0) is 14.5. The van der Waals surface area contributed by atoms with Crippen molar-refractivity contribution in [2.45, 2.75) is 39.1 Å². The Balaban J connectivity index is 2.13. The predicted octanol–water partition coefficient (Wildman–Crippen LogP) is 4.25. The third kappa shape index (κ3) is 2.09. The minimum atomic E-state index is -0.157. The first-order valence-corrected chi connectivity index (χ1v) is 7.41. The summed E-state index contributed by atoms with van der Waals surface area (Å²) in [6, 6.07) is 7.97. The van der Waals surface area contributed by atoms with Gasteiger partial charge in [-0.15, -0.1) is 11.6 Å². The van der Waals surface area contributed by atoms with Gasteiger partial charge in [0.05, 0.1) is 16.5 Å². The fraction of sp³-hybridized carbons (Fsp3) is 0.500. The number of alkyl halides is 1. The maximum atomic E-state index is 9.22. The summed E-state index contributed by atoms with van der Waals surface area (Å²) < 4.78 is 2.20. The zero-order valence-electron chi connectivity index (χ0n) is 12.0. The molecule has 104 valence electrons. The lowest BCUT2D eigenvalue weighted by Crippen LogP contribution is -2.08. The van der Waals surface area contributed by atoms with E-state index < -0.39 is 0 Å². The second-order valence-corrected chi connectivity index (χ2v) is 7.03. The Kier molecular flexibility index (Phi) is 3.02. The summed E-state index contributed by atoms with van der Waals surface area (Å²) in [6.07, 6.45) is 1.24. The standard InChI is InChI=1S/C16H18ClN3/c1-10(17)15-19-14-11(8-18)5-4-6-13(14)20(15)9-12-7-16(12,2)3/h4-6,10,12H,7,9H2,1-3H3. The Bertz CT molecular complexity index is 706. The summed E-state index contributed by atoms with van der Waals surface area (Å²) in [6.45, 7) is 7.46. The van der Waals surface area contributed by atoms with Crippen LogP contribution in [0.15, 0.2) is 18.2 Å². The molecule has 0 radical (unpaired) electrons. The molecular formula is C16H18ClN3. The quantitative estimate of drug-likeness (QED) is 0.792. The number of nitriles is 1. The summed E-state index contributed by atoms with van der Waals surface area (Å²) in [4.78, 5) is 4.62. The van der Waals surface area contributed by atoms with Crippen LogP contribution < -0.4 is 0 Å². The summed E-state index contributed by atoms with van der Waals surface area (Å²) in [5, 5.41) is 9.06. The number of rotatable bonds is 3. The van der Waals surface area contributed by atoms with Crippen molar-refractivity contribution in [3.8, 4) is 6.07 Å². The highest BCUT2D eigenvalue weighted by atomic mass is 35.5. The second-order valence-electron chi connectivity index (χ2n) is 6.37. The van der Waals surface area contributed by atoms with Crippen LogP contribution in [0.1, 0.15) is 44.0 Å². The van der Waals surface area contributed by atoms with Gasteiger partial charge in [-0.2, -0.15) is 5.26 Å². The van der Waals surface area contributed by atoms with Gasteiger partial charge in [0.2, 0.25) is 0 Å². The molecule has 20 heavy (non-hydrogen) atoms. The van der Waals surface area contributed by atoms with E-state index in [-0.39, 0.29) is 5.38 Å². The molecule has 1 heterocycles. The molecule has 2 unspecified atom stereocenters. The fourth-order valence-corrected chi connectivity index (χ4v) is 3.03.